The molecular weight excluding hydrogens is 530 g/mol. The molecular formula is C39H30P2. The van der Waals surface area contributed by atoms with E-state index in [4.69, 9.17) is 0 Å². The highest BCUT2D eigenvalue weighted by Gasteiger charge is 2.24. The van der Waals surface area contributed by atoms with Crippen LogP contribution in [0.3, 0.4) is 0 Å². The lowest BCUT2D eigenvalue weighted by Gasteiger charge is -2.24. The molecule has 6 rings (SSSR count). The minimum Gasteiger partial charge on any atom is -0.101 e. The molecule has 0 amide bonds. The normalized spacial score (nSPS) is 10.8. The minimum absolute atomic E-state index is 0.881. The fraction of sp³-hybridized carbons (Fsp3) is 0. The lowest BCUT2D eigenvalue weighted by Crippen LogP contribution is -2.13. The van der Waals surface area contributed by atoms with E-state index in [0.29, 0.717) is 0 Å². The predicted octanol–water partition coefficient (Wildman–Crippen LogP) is 8.93. The molecule has 0 saturated carbocycles. The van der Waals surface area contributed by atoms with Gasteiger partial charge in [-0.05, 0) is 48.2 Å². The molecule has 0 aliphatic heterocycles. The van der Waals surface area contributed by atoms with Crippen LogP contribution in [0.25, 0.3) is 10.6 Å². The molecule has 0 bridgehead atoms. The van der Waals surface area contributed by atoms with Crippen molar-refractivity contribution >= 4 is 47.7 Å². The van der Waals surface area contributed by atoms with Gasteiger partial charge in [-0.2, -0.15) is 0 Å². The molecule has 0 unspecified atom stereocenters. The standard InChI is InChI=1S/C39H30P2/c1-7-19-32(20-8-1)38(40(34-23-11-3-12-24-34)35-25-13-4-14-26-35)31-39(33-21-9-2-10-22-33)41(36-27-15-5-16-28-36)37-29-17-6-18-30-37/h1-30H. The van der Waals surface area contributed by atoms with Gasteiger partial charge in [0.2, 0.25) is 0 Å². The third kappa shape index (κ3) is 6.38. The van der Waals surface area contributed by atoms with Crippen molar-refractivity contribution in [3.05, 3.63) is 199 Å². The maximum absolute atomic E-state index is 4.17. The zero-order valence-electron chi connectivity index (χ0n) is 22.7. The van der Waals surface area contributed by atoms with E-state index in [0.717, 1.165) is 0 Å². The molecule has 0 heterocycles. The molecule has 0 N–H and O–H groups in total. The zero-order valence-corrected chi connectivity index (χ0v) is 24.5. The van der Waals surface area contributed by atoms with E-state index in [1.807, 2.05) is 0 Å². The van der Waals surface area contributed by atoms with Crippen LogP contribution in [-0.4, -0.2) is 0 Å². The summed E-state index contributed by atoms with van der Waals surface area (Å²) in [4.78, 5) is 0. The molecule has 6 aromatic rings. The van der Waals surface area contributed by atoms with E-state index in [1.165, 1.54) is 43.0 Å². The van der Waals surface area contributed by atoms with Gasteiger partial charge in [-0.1, -0.05) is 182 Å². The first-order valence-corrected chi connectivity index (χ1v) is 16.5. The van der Waals surface area contributed by atoms with Gasteiger partial charge in [0, 0.05) is 10.6 Å². The molecule has 0 aliphatic rings. The average molecular weight is 561 g/mol. The summed E-state index contributed by atoms with van der Waals surface area (Å²) in [5, 5.41) is 7.73. The van der Waals surface area contributed by atoms with Gasteiger partial charge in [-0.3, -0.25) is 0 Å². The van der Waals surface area contributed by atoms with Crippen LogP contribution in [0.5, 0.6) is 0 Å². The Morgan fingerprint density at radius 3 is 0.756 bits per heavy atom. The van der Waals surface area contributed by atoms with Crippen LogP contribution in [-0.2, 0) is 0 Å². The predicted molar refractivity (Wildman–Crippen MR) is 181 cm³/mol. The van der Waals surface area contributed by atoms with Gasteiger partial charge in [0.1, 0.15) is 0 Å². The van der Waals surface area contributed by atoms with Crippen molar-refractivity contribution in [1.29, 1.82) is 0 Å². The van der Waals surface area contributed by atoms with E-state index >= 15 is 0 Å². The second-order valence-corrected chi connectivity index (χ2v) is 13.9. The lowest BCUT2D eigenvalue weighted by molar-refractivity contribution is 1.64. The molecule has 0 atom stereocenters. The summed E-state index contributed by atoms with van der Waals surface area (Å²) < 4.78 is 0. The number of benzene rings is 6. The summed E-state index contributed by atoms with van der Waals surface area (Å²) in [5.74, 6) is 0. The van der Waals surface area contributed by atoms with Gasteiger partial charge in [-0.15, -0.1) is 5.73 Å². The van der Waals surface area contributed by atoms with E-state index < -0.39 is 15.8 Å². The summed E-state index contributed by atoms with van der Waals surface area (Å²) in [6.45, 7) is 0. The van der Waals surface area contributed by atoms with E-state index in [1.54, 1.807) is 0 Å². The van der Waals surface area contributed by atoms with Gasteiger partial charge < -0.3 is 0 Å². The monoisotopic (exact) mass is 560 g/mol. The molecule has 6 aromatic carbocycles. The first-order chi connectivity index (χ1) is 20.4. The maximum Gasteiger partial charge on any atom is 0.0343 e. The highest BCUT2D eigenvalue weighted by molar-refractivity contribution is 7.83. The molecule has 0 fully saturated rings. The maximum atomic E-state index is 4.17. The zero-order chi connectivity index (χ0) is 27.7. The molecule has 2 heteroatoms. The van der Waals surface area contributed by atoms with Crippen LogP contribution in [0.15, 0.2) is 188 Å². The quantitative estimate of drug-likeness (QED) is 0.129. The van der Waals surface area contributed by atoms with Crippen molar-refractivity contribution in [2.24, 2.45) is 0 Å². The summed E-state index contributed by atoms with van der Waals surface area (Å²) >= 11 is 0. The van der Waals surface area contributed by atoms with Crippen LogP contribution in [0.2, 0.25) is 0 Å². The van der Waals surface area contributed by atoms with Crippen LogP contribution in [0, 0.1) is 0 Å². The number of hydrogen-bond donors (Lipinski definition) is 0. The van der Waals surface area contributed by atoms with Gasteiger partial charge >= 0.3 is 0 Å². The molecule has 0 spiro atoms. The molecule has 196 valence electrons. The van der Waals surface area contributed by atoms with Gasteiger partial charge in [0.25, 0.3) is 0 Å². The van der Waals surface area contributed by atoms with Crippen molar-refractivity contribution in [2.45, 2.75) is 0 Å². The van der Waals surface area contributed by atoms with Crippen LogP contribution in [0.1, 0.15) is 11.1 Å². The largest absolute Gasteiger partial charge is 0.101 e. The second kappa shape index (κ2) is 13.4. The van der Waals surface area contributed by atoms with E-state index in [2.05, 4.69) is 188 Å². The van der Waals surface area contributed by atoms with Crippen molar-refractivity contribution in [1.82, 2.24) is 0 Å². The third-order valence-corrected chi connectivity index (χ3v) is 11.7. The fourth-order valence-electron chi connectivity index (χ4n) is 4.94. The summed E-state index contributed by atoms with van der Waals surface area (Å²) in [6.07, 6.45) is 0. The van der Waals surface area contributed by atoms with Crippen LogP contribution < -0.4 is 21.2 Å². The Bertz CT molecular complexity index is 1520. The fourth-order valence-corrected chi connectivity index (χ4v) is 9.80. The lowest BCUT2D eigenvalue weighted by atomic mass is 10.2. The Morgan fingerprint density at radius 2 is 0.512 bits per heavy atom. The number of rotatable bonds is 8. The van der Waals surface area contributed by atoms with Crippen LogP contribution in [0.4, 0.5) is 0 Å². The molecule has 0 nitrogen and oxygen atoms in total. The first kappa shape index (κ1) is 26.9. The summed E-state index contributed by atoms with van der Waals surface area (Å²) in [5.41, 5.74) is 6.58. The highest BCUT2D eigenvalue weighted by atomic mass is 31.1. The first-order valence-electron chi connectivity index (χ1n) is 13.8. The van der Waals surface area contributed by atoms with E-state index in [9.17, 15) is 0 Å². The summed E-state index contributed by atoms with van der Waals surface area (Å²) in [7, 11) is -1.76. The Balaban J connectivity index is 1.74. The van der Waals surface area contributed by atoms with Crippen molar-refractivity contribution in [3.63, 3.8) is 0 Å². The molecule has 0 saturated heterocycles. The highest BCUT2D eigenvalue weighted by Crippen LogP contribution is 2.53. The SMILES string of the molecule is C(=C(c1ccccc1)P(c1ccccc1)c1ccccc1)=C(c1ccccc1)P(c1ccccc1)c1ccccc1. The average Bonchev–Trinajstić information content (AvgIpc) is 3.07. The van der Waals surface area contributed by atoms with Crippen molar-refractivity contribution in [3.8, 4) is 0 Å². The molecule has 0 radical (unpaired) electrons. The third-order valence-electron chi connectivity index (χ3n) is 6.84. The Kier molecular flexibility index (Phi) is 8.77. The Morgan fingerprint density at radius 1 is 0.293 bits per heavy atom. The smallest absolute Gasteiger partial charge is 0.0343 e. The number of hydrogen-bond acceptors (Lipinski definition) is 0. The van der Waals surface area contributed by atoms with Gasteiger partial charge in [-0.25, -0.2) is 0 Å². The van der Waals surface area contributed by atoms with Crippen molar-refractivity contribution in [2.75, 3.05) is 0 Å². The Labute approximate surface area is 245 Å². The minimum atomic E-state index is -0.881. The van der Waals surface area contributed by atoms with Crippen LogP contribution >= 0.6 is 15.8 Å². The molecule has 0 aliphatic carbocycles. The summed E-state index contributed by atoms with van der Waals surface area (Å²) in [6, 6.07) is 65.4. The van der Waals surface area contributed by atoms with Crippen molar-refractivity contribution < 1.29 is 0 Å². The molecule has 41 heavy (non-hydrogen) atoms. The van der Waals surface area contributed by atoms with E-state index in [-0.39, 0.29) is 0 Å². The van der Waals surface area contributed by atoms with Gasteiger partial charge in [0.05, 0.1) is 0 Å². The topological polar surface area (TPSA) is 0 Å². The second-order valence-electron chi connectivity index (χ2n) is 9.57. The van der Waals surface area contributed by atoms with Gasteiger partial charge in [0.15, 0.2) is 0 Å². The Hall–Kier alpha value is -4.30. The molecule has 0 aromatic heterocycles.